The summed E-state index contributed by atoms with van der Waals surface area (Å²) in [6, 6.07) is 0. The molecule has 0 heteroatoms. The lowest BCUT2D eigenvalue weighted by Crippen LogP contribution is -1.79. The maximum absolute atomic E-state index is 2.25. The first-order valence-corrected chi connectivity index (χ1v) is 3.89. The van der Waals surface area contributed by atoms with Crippen LogP contribution in [-0.2, 0) is 0 Å². The fraction of sp³-hybridized carbons (Fsp3) is 0.0909. The van der Waals surface area contributed by atoms with E-state index in [2.05, 4.69) is 48.6 Å². The zero-order valence-electron chi connectivity index (χ0n) is 6.33. The van der Waals surface area contributed by atoms with Crippen LogP contribution in [0.15, 0.2) is 59.8 Å². The van der Waals surface area contributed by atoms with E-state index in [1.54, 1.807) is 0 Å². The summed E-state index contributed by atoms with van der Waals surface area (Å²) in [6.07, 6.45) is 18.2. The molecule has 0 amide bonds. The number of allylic oxidation sites excluding steroid dienone is 10. The van der Waals surface area contributed by atoms with Gasteiger partial charge in [0.2, 0.25) is 0 Å². The van der Waals surface area contributed by atoms with Crippen LogP contribution in [0.2, 0.25) is 0 Å². The molecule has 0 fully saturated rings. The number of fused-ring (bicyclic) bond motifs is 1. The van der Waals surface area contributed by atoms with Gasteiger partial charge in [-0.2, -0.15) is 0 Å². The van der Waals surface area contributed by atoms with Gasteiger partial charge in [-0.05, 0) is 17.6 Å². The summed E-state index contributed by atoms with van der Waals surface area (Å²) in [5, 5.41) is 0. The third-order valence-electron chi connectivity index (χ3n) is 1.88. The fourth-order valence-corrected chi connectivity index (χ4v) is 1.30. The predicted octanol–water partition coefficient (Wildman–Crippen LogP) is 2.93. The second-order valence-corrected chi connectivity index (χ2v) is 2.66. The van der Waals surface area contributed by atoms with E-state index in [1.165, 1.54) is 11.1 Å². The van der Waals surface area contributed by atoms with E-state index in [1.807, 2.05) is 0 Å². The molecule has 54 valence electrons. The molecule has 2 rings (SSSR count). The number of rotatable bonds is 0. The summed E-state index contributed by atoms with van der Waals surface area (Å²) < 4.78 is 0. The van der Waals surface area contributed by atoms with Gasteiger partial charge in [-0.15, -0.1) is 0 Å². The van der Waals surface area contributed by atoms with Crippen molar-refractivity contribution in [3.8, 4) is 0 Å². The monoisotopic (exact) mass is 142 g/mol. The Morgan fingerprint density at radius 1 is 0.909 bits per heavy atom. The van der Waals surface area contributed by atoms with E-state index in [0.29, 0.717) is 0 Å². The SMILES string of the molecule is C1=CC2=CC/C=C\C=C/C2=C1. The van der Waals surface area contributed by atoms with Gasteiger partial charge >= 0.3 is 0 Å². The van der Waals surface area contributed by atoms with Crippen LogP contribution in [0, 0.1) is 0 Å². The molecule has 0 saturated heterocycles. The minimum Gasteiger partial charge on any atom is -0.0807 e. The molecule has 0 aromatic heterocycles. The van der Waals surface area contributed by atoms with E-state index in [4.69, 9.17) is 0 Å². The second-order valence-electron chi connectivity index (χ2n) is 2.66. The quantitative estimate of drug-likeness (QED) is 0.488. The summed E-state index contributed by atoms with van der Waals surface area (Å²) >= 11 is 0. The van der Waals surface area contributed by atoms with E-state index in [9.17, 15) is 0 Å². The lowest BCUT2D eigenvalue weighted by atomic mass is 10.1. The average Bonchev–Trinajstić information content (AvgIpc) is 2.35. The minimum absolute atomic E-state index is 1.04. The van der Waals surface area contributed by atoms with Crippen molar-refractivity contribution in [2.24, 2.45) is 0 Å². The van der Waals surface area contributed by atoms with Crippen molar-refractivity contribution < 1.29 is 0 Å². The van der Waals surface area contributed by atoms with Crippen LogP contribution in [0.3, 0.4) is 0 Å². The van der Waals surface area contributed by atoms with E-state index >= 15 is 0 Å². The Morgan fingerprint density at radius 3 is 2.82 bits per heavy atom. The molecule has 0 aromatic carbocycles. The van der Waals surface area contributed by atoms with Crippen molar-refractivity contribution in [1.82, 2.24) is 0 Å². The molecule has 0 aliphatic heterocycles. The summed E-state index contributed by atoms with van der Waals surface area (Å²) in [4.78, 5) is 0. The number of hydrogen-bond acceptors (Lipinski definition) is 0. The van der Waals surface area contributed by atoms with Gasteiger partial charge in [-0.1, -0.05) is 48.6 Å². The highest BCUT2D eigenvalue weighted by Gasteiger charge is 2.01. The lowest BCUT2D eigenvalue weighted by Gasteiger charge is -1.99. The second kappa shape index (κ2) is 2.75. The van der Waals surface area contributed by atoms with Gasteiger partial charge in [0.25, 0.3) is 0 Å². The Labute approximate surface area is 66.9 Å². The topological polar surface area (TPSA) is 0 Å². The van der Waals surface area contributed by atoms with Crippen LogP contribution >= 0.6 is 0 Å². The molecular weight excluding hydrogens is 132 g/mol. The van der Waals surface area contributed by atoms with E-state index < -0.39 is 0 Å². The van der Waals surface area contributed by atoms with Crippen molar-refractivity contribution in [2.75, 3.05) is 0 Å². The Morgan fingerprint density at radius 2 is 1.82 bits per heavy atom. The smallest absolute Gasteiger partial charge is 0.0157 e. The molecule has 0 spiro atoms. The molecule has 2 aliphatic carbocycles. The maximum Gasteiger partial charge on any atom is -0.0157 e. The lowest BCUT2D eigenvalue weighted by molar-refractivity contribution is 1.34. The summed E-state index contributed by atoms with van der Waals surface area (Å²) in [5.74, 6) is 0. The summed E-state index contributed by atoms with van der Waals surface area (Å²) in [5.41, 5.74) is 2.68. The molecule has 0 N–H and O–H groups in total. The largest absolute Gasteiger partial charge is 0.0807 e. The molecular formula is C11H10. The van der Waals surface area contributed by atoms with Crippen molar-refractivity contribution >= 4 is 0 Å². The fourth-order valence-electron chi connectivity index (χ4n) is 1.30. The Hall–Kier alpha value is -1.30. The third-order valence-corrected chi connectivity index (χ3v) is 1.88. The Balaban J connectivity index is 2.39. The molecule has 0 atom stereocenters. The first-order chi connectivity index (χ1) is 5.47. The van der Waals surface area contributed by atoms with Crippen molar-refractivity contribution in [3.63, 3.8) is 0 Å². The summed E-state index contributed by atoms with van der Waals surface area (Å²) in [6.45, 7) is 0. The molecule has 11 heavy (non-hydrogen) atoms. The van der Waals surface area contributed by atoms with Crippen LogP contribution in [0.25, 0.3) is 0 Å². The van der Waals surface area contributed by atoms with Crippen LogP contribution in [0.1, 0.15) is 6.42 Å². The van der Waals surface area contributed by atoms with Gasteiger partial charge in [0, 0.05) is 0 Å². The highest BCUT2D eigenvalue weighted by Crippen LogP contribution is 2.21. The molecule has 0 nitrogen and oxygen atoms in total. The van der Waals surface area contributed by atoms with E-state index in [0.717, 1.165) is 6.42 Å². The molecule has 0 aromatic rings. The molecule has 0 bridgehead atoms. The molecule has 2 aliphatic rings. The molecule has 0 saturated carbocycles. The number of hydrogen-bond donors (Lipinski definition) is 0. The molecule has 0 heterocycles. The highest BCUT2D eigenvalue weighted by molar-refractivity contribution is 5.54. The van der Waals surface area contributed by atoms with Gasteiger partial charge in [-0.25, -0.2) is 0 Å². The van der Waals surface area contributed by atoms with Gasteiger partial charge < -0.3 is 0 Å². The van der Waals surface area contributed by atoms with Crippen LogP contribution in [-0.4, -0.2) is 0 Å². The van der Waals surface area contributed by atoms with Crippen molar-refractivity contribution in [1.29, 1.82) is 0 Å². The predicted molar refractivity (Wildman–Crippen MR) is 48.2 cm³/mol. The Kier molecular flexibility index (Phi) is 1.60. The van der Waals surface area contributed by atoms with Crippen molar-refractivity contribution in [3.05, 3.63) is 59.8 Å². The normalized spacial score (nSPS) is 26.2. The first kappa shape index (κ1) is 6.41. The average molecular weight is 142 g/mol. The van der Waals surface area contributed by atoms with Gasteiger partial charge in [0.15, 0.2) is 0 Å². The minimum atomic E-state index is 1.04. The zero-order chi connectivity index (χ0) is 7.52. The Bertz CT molecular complexity index is 296. The van der Waals surface area contributed by atoms with Crippen LogP contribution in [0.5, 0.6) is 0 Å². The zero-order valence-corrected chi connectivity index (χ0v) is 6.33. The first-order valence-electron chi connectivity index (χ1n) is 3.89. The van der Waals surface area contributed by atoms with Gasteiger partial charge in [0.05, 0.1) is 0 Å². The van der Waals surface area contributed by atoms with Crippen molar-refractivity contribution in [2.45, 2.75) is 6.42 Å². The molecule has 0 radical (unpaired) electrons. The third kappa shape index (κ3) is 1.25. The van der Waals surface area contributed by atoms with Gasteiger partial charge in [-0.3, -0.25) is 0 Å². The van der Waals surface area contributed by atoms with Gasteiger partial charge in [0.1, 0.15) is 0 Å². The summed E-state index contributed by atoms with van der Waals surface area (Å²) in [7, 11) is 0. The van der Waals surface area contributed by atoms with Crippen LogP contribution < -0.4 is 0 Å². The highest BCUT2D eigenvalue weighted by atomic mass is 14.1. The standard InChI is InChI=1S/C11H10/c1-2-4-7-11-9-5-8-10(11)6-3-1/h1-3,5-9H,4H2/b2-1-,6-3-,11-7?. The molecule has 0 unspecified atom stereocenters. The van der Waals surface area contributed by atoms with E-state index in [-0.39, 0.29) is 0 Å². The van der Waals surface area contributed by atoms with Crippen LogP contribution in [0.4, 0.5) is 0 Å². The maximum atomic E-state index is 2.25.